The molecular weight excluding hydrogens is 428 g/mol. The highest BCUT2D eigenvalue weighted by Gasteiger charge is 2.32. The average molecular weight is 467 g/mol. The van der Waals surface area contributed by atoms with Gasteiger partial charge in [-0.05, 0) is 70.7 Å². The van der Waals surface area contributed by atoms with E-state index in [9.17, 15) is 0 Å². The van der Waals surface area contributed by atoms with Gasteiger partial charge in [-0.3, -0.25) is 0 Å². The van der Waals surface area contributed by atoms with Crippen LogP contribution < -0.4 is 11.1 Å². The number of hydrogen-bond donors (Lipinski definition) is 2. The van der Waals surface area contributed by atoms with Crippen LogP contribution in [-0.4, -0.2) is 13.1 Å². The SMILES string of the molecule is C=C1CC(c2cccc(CCN)c2)OC1c1cccc(C2CC(c3cccc(CCC)c3)CN2)c1. The number of hydrogen-bond acceptors (Lipinski definition) is 3. The molecule has 0 aliphatic carbocycles. The third-order valence-corrected chi connectivity index (χ3v) is 7.58. The molecule has 4 atom stereocenters. The molecule has 2 saturated heterocycles. The summed E-state index contributed by atoms with van der Waals surface area (Å²) in [5.74, 6) is 0.559. The number of benzene rings is 3. The number of nitrogens with two attached hydrogens (primary N) is 1. The van der Waals surface area contributed by atoms with Gasteiger partial charge in [0.1, 0.15) is 6.10 Å². The van der Waals surface area contributed by atoms with Crippen molar-refractivity contribution in [2.45, 2.75) is 63.2 Å². The molecule has 0 amide bonds. The van der Waals surface area contributed by atoms with Crippen LogP contribution >= 0.6 is 0 Å². The second kappa shape index (κ2) is 10.9. The van der Waals surface area contributed by atoms with E-state index in [1.54, 1.807) is 0 Å². The van der Waals surface area contributed by atoms with Gasteiger partial charge in [0.15, 0.2) is 0 Å². The molecule has 182 valence electrons. The maximum Gasteiger partial charge on any atom is 0.104 e. The maximum atomic E-state index is 6.57. The predicted molar refractivity (Wildman–Crippen MR) is 145 cm³/mol. The van der Waals surface area contributed by atoms with E-state index in [-0.39, 0.29) is 12.2 Å². The molecule has 3 aromatic rings. The van der Waals surface area contributed by atoms with E-state index in [1.807, 2.05) is 0 Å². The Hall–Kier alpha value is -2.72. The van der Waals surface area contributed by atoms with Gasteiger partial charge >= 0.3 is 0 Å². The van der Waals surface area contributed by atoms with Crippen molar-refractivity contribution in [1.29, 1.82) is 0 Å². The second-order valence-corrected chi connectivity index (χ2v) is 10.2. The smallest absolute Gasteiger partial charge is 0.104 e. The molecule has 3 heteroatoms. The van der Waals surface area contributed by atoms with Gasteiger partial charge in [-0.15, -0.1) is 0 Å². The third kappa shape index (κ3) is 5.43. The molecule has 2 heterocycles. The minimum Gasteiger partial charge on any atom is -0.361 e. The number of ether oxygens (including phenoxy) is 1. The molecule has 0 radical (unpaired) electrons. The molecular formula is C32H38N2O. The van der Waals surface area contributed by atoms with Crippen molar-refractivity contribution >= 4 is 0 Å². The molecule has 35 heavy (non-hydrogen) atoms. The summed E-state index contributed by atoms with van der Waals surface area (Å²) in [4.78, 5) is 0. The van der Waals surface area contributed by atoms with Gasteiger partial charge in [0.05, 0.1) is 6.10 Å². The molecule has 2 fully saturated rings. The first-order valence-electron chi connectivity index (χ1n) is 13.2. The topological polar surface area (TPSA) is 47.3 Å². The van der Waals surface area contributed by atoms with Crippen LogP contribution in [0.25, 0.3) is 0 Å². The standard InChI is InChI=1S/C32H38N2O/c1-3-7-23-8-4-10-25(17-23)29-20-30(34-21-29)26-11-6-13-28(19-26)32-22(2)16-31(35-32)27-12-5-9-24(18-27)14-15-33/h4-6,8-13,17-19,29-32,34H,2-3,7,14-16,20-21,33H2,1H3. The summed E-state index contributed by atoms with van der Waals surface area (Å²) in [5.41, 5.74) is 14.9. The Morgan fingerprint density at radius 3 is 2.37 bits per heavy atom. The first kappa shape index (κ1) is 24.0. The normalized spacial score (nSPS) is 24.2. The Kier molecular flexibility index (Phi) is 7.48. The van der Waals surface area contributed by atoms with Crippen LogP contribution in [0.1, 0.15) is 83.7 Å². The van der Waals surface area contributed by atoms with Gasteiger partial charge in [0, 0.05) is 19.0 Å². The van der Waals surface area contributed by atoms with Gasteiger partial charge < -0.3 is 15.8 Å². The lowest BCUT2D eigenvalue weighted by atomic mass is 9.91. The highest BCUT2D eigenvalue weighted by Crippen LogP contribution is 2.45. The summed E-state index contributed by atoms with van der Waals surface area (Å²) in [5, 5.41) is 3.78. The molecule has 2 aliphatic heterocycles. The Morgan fingerprint density at radius 1 is 0.886 bits per heavy atom. The fraction of sp³-hybridized carbons (Fsp3) is 0.375. The second-order valence-electron chi connectivity index (χ2n) is 10.2. The number of rotatable bonds is 8. The fourth-order valence-corrected chi connectivity index (χ4v) is 5.75. The number of nitrogens with one attached hydrogen (secondary N) is 1. The van der Waals surface area contributed by atoms with Crippen molar-refractivity contribution < 1.29 is 4.74 Å². The molecule has 0 spiro atoms. The van der Waals surface area contributed by atoms with E-state index >= 15 is 0 Å². The molecule has 0 aromatic heterocycles. The van der Waals surface area contributed by atoms with E-state index in [2.05, 4.69) is 91.6 Å². The highest BCUT2D eigenvalue weighted by molar-refractivity contribution is 5.36. The van der Waals surface area contributed by atoms with Crippen molar-refractivity contribution in [2.75, 3.05) is 13.1 Å². The van der Waals surface area contributed by atoms with Crippen molar-refractivity contribution in [2.24, 2.45) is 5.73 Å². The lowest BCUT2D eigenvalue weighted by Gasteiger charge is -2.18. The van der Waals surface area contributed by atoms with E-state index in [0.29, 0.717) is 18.5 Å². The average Bonchev–Trinajstić information content (AvgIpc) is 3.53. The van der Waals surface area contributed by atoms with Crippen molar-refractivity contribution in [3.8, 4) is 0 Å². The first-order chi connectivity index (χ1) is 17.1. The summed E-state index contributed by atoms with van der Waals surface area (Å²) in [6, 6.07) is 27.1. The van der Waals surface area contributed by atoms with Crippen molar-refractivity contribution in [1.82, 2.24) is 5.32 Å². The molecule has 0 saturated carbocycles. The lowest BCUT2D eigenvalue weighted by Crippen LogP contribution is -2.14. The zero-order chi connectivity index (χ0) is 24.2. The zero-order valence-corrected chi connectivity index (χ0v) is 20.9. The fourth-order valence-electron chi connectivity index (χ4n) is 5.75. The van der Waals surface area contributed by atoms with Crippen LogP contribution in [0.4, 0.5) is 0 Å². The van der Waals surface area contributed by atoms with E-state index in [1.165, 1.54) is 39.8 Å². The molecule has 4 unspecified atom stereocenters. The Labute approximate surface area is 210 Å². The molecule has 5 rings (SSSR count). The van der Waals surface area contributed by atoms with E-state index < -0.39 is 0 Å². The van der Waals surface area contributed by atoms with Gasteiger partial charge in [-0.2, -0.15) is 0 Å². The van der Waals surface area contributed by atoms with E-state index in [4.69, 9.17) is 10.5 Å². The van der Waals surface area contributed by atoms with Crippen LogP contribution in [0.5, 0.6) is 0 Å². The largest absolute Gasteiger partial charge is 0.361 e. The molecule has 3 aromatic carbocycles. The van der Waals surface area contributed by atoms with Crippen molar-refractivity contribution in [3.05, 3.63) is 118 Å². The van der Waals surface area contributed by atoms with Gasteiger partial charge in [-0.1, -0.05) is 92.7 Å². The molecule has 2 aliphatic rings. The van der Waals surface area contributed by atoms with Crippen LogP contribution in [0.3, 0.4) is 0 Å². The van der Waals surface area contributed by atoms with Crippen LogP contribution in [-0.2, 0) is 17.6 Å². The van der Waals surface area contributed by atoms with Crippen LogP contribution in [0.15, 0.2) is 84.9 Å². The first-order valence-corrected chi connectivity index (χ1v) is 13.2. The maximum absolute atomic E-state index is 6.57. The van der Waals surface area contributed by atoms with Crippen LogP contribution in [0, 0.1) is 0 Å². The monoisotopic (exact) mass is 466 g/mol. The minimum atomic E-state index is -0.0546. The van der Waals surface area contributed by atoms with Gasteiger partial charge in [-0.25, -0.2) is 0 Å². The van der Waals surface area contributed by atoms with Gasteiger partial charge in [0.2, 0.25) is 0 Å². The summed E-state index contributed by atoms with van der Waals surface area (Å²) < 4.78 is 6.57. The summed E-state index contributed by atoms with van der Waals surface area (Å²) in [6.07, 6.45) is 5.23. The quantitative estimate of drug-likeness (QED) is 0.362. The lowest BCUT2D eigenvalue weighted by molar-refractivity contribution is 0.0516. The van der Waals surface area contributed by atoms with Gasteiger partial charge in [0.25, 0.3) is 0 Å². The molecule has 0 bridgehead atoms. The highest BCUT2D eigenvalue weighted by atomic mass is 16.5. The molecule has 3 nitrogen and oxygen atoms in total. The summed E-state index contributed by atoms with van der Waals surface area (Å²) >= 11 is 0. The minimum absolute atomic E-state index is 0.0539. The third-order valence-electron chi connectivity index (χ3n) is 7.58. The predicted octanol–water partition coefficient (Wildman–Crippen LogP) is 6.72. The van der Waals surface area contributed by atoms with E-state index in [0.717, 1.165) is 37.8 Å². The Morgan fingerprint density at radius 2 is 1.57 bits per heavy atom. The Bertz CT molecular complexity index is 1170. The molecule has 3 N–H and O–H groups in total. The van der Waals surface area contributed by atoms with Crippen molar-refractivity contribution in [3.63, 3.8) is 0 Å². The number of aryl methyl sites for hydroxylation is 1. The zero-order valence-electron chi connectivity index (χ0n) is 20.9. The Balaban J connectivity index is 1.28. The summed E-state index contributed by atoms with van der Waals surface area (Å²) in [7, 11) is 0. The van der Waals surface area contributed by atoms with Crippen LogP contribution in [0.2, 0.25) is 0 Å². The summed E-state index contributed by atoms with van der Waals surface area (Å²) in [6.45, 7) is 8.32.